The minimum absolute atomic E-state index is 0.0387. The molecular weight excluding hydrogens is 420 g/mol. The summed E-state index contributed by atoms with van der Waals surface area (Å²) in [4.78, 5) is 25.8. The third-order valence-corrected chi connectivity index (χ3v) is 6.08. The van der Waals surface area contributed by atoms with Crippen LogP contribution in [0.1, 0.15) is 71.3 Å². The van der Waals surface area contributed by atoms with Gasteiger partial charge < -0.3 is 24.8 Å². The van der Waals surface area contributed by atoms with Crippen LogP contribution < -0.4 is 10.1 Å². The minimum Gasteiger partial charge on any atom is -0.492 e. The number of nitrogens with zero attached hydrogens (tertiary/aromatic N) is 1. The van der Waals surface area contributed by atoms with E-state index in [2.05, 4.69) is 5.32 Å². The Kier molecular flexibility index (Phi) is 12.1. The third kappa shape index (κ3) is 10.5. The third-order valence-electron chi connectivity index (χ3n) is 6.08. The van der Waals surface area contributed by atoms with Crippen LogP contribution in [0.5, 0.6) is 5.75 Å². The highest BCUT2D eigenvalue weighted by molar-refractivity contribution is 5.74. The van der Waals surface area contributed by atoms with Crippen molar-refractivity contribution in [2.24, 2.45) is 5.92 Å². The second kappa shape index (κ2) is 14.8. The van der Waals surface area contributed by atoms with Crippen molar-refractivity contribution in [1.29, 1.82) is 0 Å². The van der Waals surface area contributed by atoms with Crippen molar-refractivity contribution >= 4 is 12.0 Å². The van der Waals surface area contributed by atoms with Gasteiger partial charge in [-0.2, -0.15) is 0 Å². The van der Waals surface area contributed by atoms with Gasteiger partial charge in [0.15, 0.2) is 6.10 Å². The van der Waals surface area contributed by atoms with Gasteiger partial charge in [0.1, 0.15) is 12.4 Å². The van der Waals surface area contributed by atoms with Crippen molar-refractivity contribution in [3.63, 3.8) is 0 Å². The zero-order chi connectivity index (χ0) is 24.1. The lowest BCUT2D eigenvalue weighted by Gasteiger charge is -2.26. The Labute approximate surface area is 198 Å². The van der Waals surface area contributed by atoms with Gasteiger partial charge in [-0.15, -0.1) is 0 Å². The molecule has 1 aliphatic rings. The smallest absolute Gasteiger partial charge is 0.333 e. The molecule has 2 rings (SSSR count). The van der Waals surface area contributed by atoms with Crippen molar-refractivity contribution in [3.05, 3.63) is 29.8 Å². The number of carboxylic acids is 1. The lowest BCUT2D eigenvalue weighted by atomic mass is 9.86. The summed E-state index contributed by atoms with van der Waals surface area (Å²) < 4.78 is 11.1. The molecule has 1 saturated carbocycles. The van der Waals surface area contributed by atoms with E-state index in [0.717, 1.165) is 24.4 Å². The molecule has 33 heavy (non-hydrogen) atoms. The topological polar surface area (TPSA) is 88.1 Å². The predicted molar refractivity (Wildman–Crippen MR) is 130 cm³/mol. The molecule has 0 aromatic heterocycles. The first-order chi connectivity index (χ1) is 15.9. The van der Waals surface area contributed by atoms with Gasteiger partial charge in [-0.1, -0.05) is 44.2 Å². The summed E-state index contributed by atoms with van der Waals surface area (Å²) in [5.41, 5.74) is 0.879. The molecule has 0 bridgehead atoms. The van der Waals surface area contributed by atoms with Crippen molar-refractivity contribution in [1.82, 2.24) is 10.2 Å². The fourth-order valence-corrected chi connectivity index (χ4v) is 4.33. The highest BCUT2D eigenvalue weighted by Gasteiger charge is 2.19. The van der Waals surface area contributed by atoms with Gasteiger partial charge in [0.05, 0.1) is 6.54 Å². The van der Waals surface area contributed by atoms with Gasteiger partial charge in [-0.25, -0.2) is 9.59 Å². The van der Waals surface area contributed by atoms with Crippen LogP contribution in [0.4, 0.5) is 4.79 Å². The molecule has 1 aromatic rings. The molecule has 0 aliphatic heterocycles. The number of hydrogen-bond acceptors (Lipinski definition) is 4. The van der Waals surface area contributed by atoms with Crippen LogP contribution in [-0.4, -0.2) is 60.5 Å². The molecule has 1 aromatic carbocycles. The Morgan fingerprint density at radius 1 is 1.12 bits per heavy atom. The molecule has 1 aliphatic carbocycles. The van der Waals surface area contributed by atoms with Crippen LogP contribution in [-0.2, 0) is 16.0 Å². The number of carbonyl (C=O) groups is 2. The van der Waals surface area contributed by atoms with E-state index in [1.807, 2.05) is 43.0 Å². The zero-order valence-corrected chi connectivity index (χ0v) is 20.6. The van der Waals surface area contributed by atoms with Crippen LogP contribution in [0.25, 0.3) is 0 Å². The summed E-state index contributed by atoms with van der Waals surface area (Å²) in [7, 11) is 0. The number of ether oxygens (including phenoxy) is 2. The molecule has 2 amide bonds. The molecule has 0 radical (unpaired) electrons. The fourth-order valence-electron chi connectivity index (χ4n) is 4.33. The Morgan fingerprint density at radius 2 is 1.82 bits per heavy atom. The number of nitrogens with one attached hydrogen (secondary N) is 1. The maximum atomic E-state index is 12.6. The van der Waals surface area contributed by atoms with E-state index in [-0.39, 0.29) is 12.1 Å². The number of carboxylic acid groups (broad SMARTS) is 1. The van der Waals surface area contributed by atoms with Crippen molar-refractivity contribution in [3.8, 4) is 5.75 Å². The van der Waals surface area contributed by atoms with Crippen LogP contribution in [0, 0.1) is 5.92 Å². The Hall–Kier alpha value is -2.28. The number of benzene rings is 1. The van der Waals surface area contributed by atoms with Crippen LogP contribution in [0.3, 0.4) is 0 Å². The lowest BCUT2D eigenvalue weighted by Crippen LogP contribution is -2.45. The summed E-state index contributed by atoms with van der Waals surface area (Å²) in [6, 6.07) is 7.44. The molecular formula is C26H42N2O5. The average Bonchev–Trinajstić information content (AvgIpc) is 2.79. The quantitative estimate of drug-likeness (QED) is 0.411. The number of carbonyl (C=O) groups excluding carboxylic acids is 1. The molecule has 7 heteroatoms. The zero-order valence-electron chi connectivity index (χ0n) is 20.6. The van der Waals surface area contributed by atoms with Crippen molar-refractivity contribution < 1.29 is 24.2 Å². The Morgan fingerprint density at radius 3 is 2.42 bits per heavy atom. The summed E-state index contributed by atoms with van der Waals surface area (Å²) >= 11 is 0. The van der Waals surface area contributed by atoms with Crippen molar-refractivity contribution in [2.75, 3.05) is 26.3 Å². The molecule has 0 saturated heterocycles. The SMILES string of the molecule is CCOC(Cc1ccc(OCCN(CCCC2CCCCC2)C(=O)NC(C)C)cc1)C(=O)O. The second-order valence-electron chi connectivity index (χ2n) is 9.22. The largest absolute Gasteiger partial charge is 0.492 e. The minimum atomic E-state index is -0.958. The molecule has 0 heterocycles. The Bertz CT molecular complexity index is 701. The number of amides is 2. The number of aliphatic carboxylic acids is 1. The molecule has 186 valence electrons. The van der Waals surface area contributed by atoms with E-state index in [1.54, 1.807) is 6.92 Å². The summed E-state index contributed by atoms with van der Waals surface area (Å²) in [5.74, 6) is 0.556. The number of urea groups is 1. The van der Waals surface area contributed by atoms with Crippen LogP contribution >= 0.6 is 0 Å². The standard InChI is InChI=1S/C26H42N2O5/c1-4-32-24(25(29)30)19-22-12-14-23(15-13-22)33-18-17-28(26(31)27-20(2)3)16-8-11-21-9-6-5-7-10-21/h12-15,20-21,24H,4-11,16-19H2,1-3H3,(H,27,31)(H,29,30). The van der Waals surface area contributed by atoms with Gasteiger partial charge in [-0.3, -0.25) is 0 Å². The first kappa shape index (κ1) is 27.0. The maximum absolute atomic E-state index is 12.6. The summed E-state index contributed by atoms with van der Waals surface area (Å²) in [6.07, 6.45) is 8.39. The van der Waals surface area contributed by atoms with E-state index in [9.17, 15) is 14.7 Å². The van der Waals surface area contributed by atoms with E-state index < -0.39 is 12.1 Å². The first-order valence-corrected chi connectivity index (χ1v) is 12.5. The fraction of sp³-hybridized carbons (Fsp3) is 0.692. The Balaban J connectivity index is 1.81. The monoisotopic (exact) mass is 462 g/mol. The van der Waals surface area contributed by atoms with E-state index in [0.29, 0.717) is 31.9 Å². The predicted octanol–water partition coefficient (Wildman–Crippen LogP) is 4.88. The van der Waals surface area contributed by atoms with Crippen LogP contribution in [0.15, 0.2) is 24.3 Å². The lowest BCUT2D eigenvalue weighted by molar-refractivity contribution is -0.149. The summed E-state index contributed by atoms with van der Waals surface area (Å²) in [6.45, 7) is 7.76. The average molecular weight is 463 g/mol. The molecule has 0 spiro atoms. The summed E-state index contributed by atoms with van der Waals surface area (Å²) in [5, 5.41) is 12.2. The highest BCUT2D eigenvalue weighted by atomic mass is 16.5. The van der Waals surface area contributed by atoms with E-state index in [1.165, 1.54) is 38.5 Å². The van der Waals surface area contributed by atoms with Gasteiger partial charge >= 0.3 is 12.0 Å². The second-order valence-corrected chi connectivity index (χ2v) is 9.22. The molecule has 1 atom stereocenters. The highest BCUT2D eigenvalue weighted by Crippen LogP contribution is 2.27. The van der Waals surface area contributed by atoms with Gasteiger partial charge in [0.2, 0.25) is 0 Å². The van der Waals surface area contributed by atoms with E-state index >= 15 is 0 Å². The van der Waals surface area contributed by atoms with Crippen LogP contribution in [0.2, 0.25) is 0 Å². The first-order valence-electron chi connectivity index (χ1n) is 12.5. The molecule has 2 N–H and O–H groups in total. The number of hydrogen-bond donors (Lipinski definition) is 2. The van der Waals surface area contributed by atoms with E-state index in [4.69, 9.17) is 9.47 Å². The normalized spacial score (nSPS) is 15.3. The van der Waals surface area contributed by atoms with Gasteiger partial charge in [-0.05, 0) is 57.2 Å². The molecule has 7 nitrogen and oxygen atoms in total. The number of rotatable bonds is 14. The van der Waals surface area contributed by atoms with Gasteiger partial charge in [0, 0.05) is 25.6 Å². The van der Waals surface area contributed by atoms with Crippen molar-refractivity contribution in [2.45, 2.75) is 84.3 Å². The van der Waals surface area contributed by atoms with Gasteiger partial charge in [0.25, 0.3) is 0 Å². The molecule has 1 unspecified atom stereocenters. The molecule has 1 fully saturated rings. The maximum Gasteiger partial charge on any atom is 0.333 e.